The Labute approximate surface area is 143 Å². The molecule has 0 bridgehead atoms. The Bertz CT molecular complexity index is 683. The zero-order valence-electron chi connectivity index (χ0n) is 13.7. The zero-order valence-corrected chi connectivity index (χ0v) is 14.5. The number of alkyl halides is 3. The first kappa shape index (κ1) is 21.0. The maximum Gasteiger partial charge on any atom is 0.511 e. The number of carbonyl (C=O) groups is 1. The van der Waals surface area contributed by atoms with Crippen molar-refractivity contribution in [2.24, 2.45) is 0 Å². The van der Waals surface area contributed by atoms with Crippen LogP contribution in [0.5, 0.6) is 11.5 Å². The summed E-state index contributed by atoms with van der Waals surface area (Å²) < 4.78 is 75.7. The second-order valence-corrected chi connectivity index (χ2v) is 6.61. The van der Waals surface area contributed by atoms with E-state index in [1.54, 1.807) is 18.2 Å². The fourth-order valence-corrected chi connectivity index (χ4v) is 2.67. The normalized spacial score (nSPS) is 13.2. The summed E-state index contributed by atoms with van der Waals surface area (Å²) in [4.78, 5) is 11.6. The fourth-order valence-electron chi connectivity index (χ4n) is 1.94. The van der Waals surface area contributed by atoms with E-state index >= 15 is 0 Å². The predicted octanol–water partition coefficient (Wildman–Crippen LogP) is 1.62. The monoisotopic (exact) mass is 385 g/mol. The van der Waals surface area contributed by atoms with Crippen LogP contribution in [0.3, 0.4) is 0 Å². The van der Waals surface area contributed by atoms with Crippen LogP contribution in [0.4, 0.5) is 13.2 Å². The first-order valence-electron chi connectivity index (χ1n) is 6.92. The molecule has 0 aliphatic rings. The Morgan fingerprint density at radius 1 is 1.12 bits per heavy atom. The van der Waals surface area contributed by atoms with E-state index in [-0.39, 0.29) is 12.8 Å². The number of hydrogen-bond donors (Lipinski definition) is 1. The molecule has 0 unspecified atom stereocenters. The molecule has 25 heavy (non-hydrogen) atoms. The van der Waals surface area contributed by atoms with Crippen LogP contribution in [-0.2, 0) is 26.0 Å². The highest BCUT2D eigenvalue weighted by molar-refractivity contribution is 7.90. The summed E-state index contributed by atoms with van der Waals surface area (Å²) in [5, 5.41) is 0. The first-order valence-corrected chi connectivity index (χ1v) is 8.40. The minimum absolute atomic E-state index is 0.0771. The minimum Gasteiger partial charge on any atom is -0.497 e. The van der Waals surface area contributed by atoms with E-state index in [1.807, 2.05) is 0 Å². The van der Waals surface area contributed by atoms with Crippen LogP contribution in [0, 0.1) is 0 Å². The van der Waals surface area contributed by atoms with Crippen LogP contribution in [-0.4, -0.2) is 47.3 Å². The number of benzene rings is 1. The summed E-state index contributed by atoms with van der Waals surface area (Å²) in [6.07, 6.45) is -0.175. The number of aryl methyl sites for hydroxylation is 1. The molecule has 1 N–H and O–H groups in total. The molecule has 0 aliphatic carbocycles. The van der Waals surface area contributed by atoms with Crippen molar-refractivity contribution in [1.29, 1.82) is 0 Å². The van der Waals surface area contributed by atoms with Crippen LogP contribution in [0.15, 0.2) is 18.2 Å². The minimum atomic E-state index is -5.68. The molecule has 7 nitrogen and oxygen atoms in total. The number of halogens is 3. The Balaban J connectivity index is 2.96. The van der Waals surface area contributed by atoms with E-state index in [4.69, 9.17) is 9.47 Å². The average molecular weight is 385 g/mol. The van der Waals surface area contributed by atoms with Crippen LogP contribution in [0.1, 0.15) is 12.0 Å². The number of hydrogen-bond acceptors (Lipinski definition) is 6. The Hall–Kier alpha value is -2.01. The molecule has 0 heterocycles. The average Bonchev–Trinajstić information content (AvgIpc) is 2.56. The van der Waals surface area contributed by atoms with Crippen molar-refractivity contribution in [1.82, 2.24) is 4.72 Å². The molecule has 1 aromatic rings. The highest BCUT2D eigenvalue weighted by atomic mass is 32.2. The largest absolute Gasteiger partial charge is 0.511 e. The number of sulfonamides is 1. The van der Waals surface area contributed by atoms with Gasteiger partial charge in [0.15, 0.2) is 0 Å². The van der Waals surface area contributed by atoms with Gasteiger partial charge in [-0.2, -0.15) is 17.9 Å². The number of methoxy groups -OCH3 is 3. The highest BCUT2D eigenvalue weighted by Crippen LogP contribution is 2.25. The van der Waals surface area contributed by atoms with E-state index in [0.29, 0.717) is 17.1 Å². The van der Waals surface area contributed by atoms with E-state index in [9.17, 15) is 26.4 Å². The summed E-state index contributed by atoms with van der Waals surface area (Å²) in [6.45, 7) is 0. The number of nitrogens with one attached hydrogen (secondary N) is 1. The molecule has 0 aromatic heterocycles. The van der Waals surface area contributed by atoms with E-state index < -0.39 is 27.5 Å². The second kappa shape index (κ2) is 8.39. The molecule has 11 heteroatoms. The molecule has 0 radical (unpaired) electrons. The number of rotatable bonds is 8. The predicted molar refractivity (Wildman–Crippen MR) is 81.8 cm³/mol. The summed E-state index contributed by atoms with van der Waals surface area (Å²) >= 11 is 0. The lowest BCUT2D eigenvalue weighted by atomic mass is 10.1. The molecule has 1 rings (SSSR count). The smallest absolute Gasteiger partial charge is 0.497 e. The number of ether oxygens (including phenoxy) is 3. The Morgan fingerprint density at radius 2 is 1.64 bits per heavy atom. The standard InChI is InChI=1S/C14H18F3NO6S/c1-22-10-6-9(7-11(8-10)23-2)4-5-12(13(19)24-3)18-25(20,21)14(15,16)17/h6-8,12,18H,4-5H2,1-3H3/t12-/m0/s1. The quantitative estimate of drug-likeness (QED) is 0.684. The van der Waals surface area contributed by atoms with E-state index in [0.717, 1.165) is 7.11 Å². The summed E-state index contributed by atoms with van der Waals surface area (Å²) in [5.41, 5.74) is -4.95. The van der Waals surface area contributed by atoms with Gasteiger partial charge in [-0.3, -0.25) is 4.79 Å². The summed E-state index contributed by atoms with van der Waals surface area (Å²) in [7, 11) is -1.88. The van der Waals surface area contributed by atoms with Crippen molar-refractivity contribution < 1.29 is 40.6 Å². The SMILES string of the molecule is COC(=O)[C@H](CCc1cc(OC)cc(OC)c1)NS(=O)(=O)C(F)(F)F. The van der Waals surface area contributed by atoms with Crippen molar-refractivity contribution >= 4 is 16.0 Å². The first-order chi connectivity index (χ1) is 11.5. The van der Waals surface area contributed by atoms with Crippen molar-refractivity contribution in [3.8, 4) is 11.5 Å². The van der Waals surface area contributed by atoms with Gasteiger partial charge in [-0.15, -0.1) is 0 Å². The molecule has 1 atom stereocenters. The number of carbonyl (C=O) groups excluding carboxylic acids is 1. The highest BCUT2D eigenvalue weighted by Gasteiger charge is 2.47. The van der Waals surface area contributed by atoms with Gasteiger partial charge >= 0.3 is 21.5 Å². The second-order valence-electron chi connectivity index (χ2n) is 4.90. The van der Waals surface area contributed by atoms with Crippen LogP contribution in [0.25, 0.3) is 0 Å². The van der Waals surface area contributed by atoms with Crippen LogP contribution in [0.2, 0.25) is 0 Å². The van der Waals surface area contributed by atoms with Crippen molar-refractivity contribution in [2.45, 2.75) is 24.4 Å². The Morgan fingerprint density at radius 3 is 2.04 bits per heavy atom. The molecule has 0 amide bonds. The zero-order chi connectivity index (χ0) is 19.3. The lowest BCUT2D eigenvalue weighted by molar-refractivity contribution is -0.142. The molecule has 1 aromatic carbocycles. The Kier molecular flexibility index (Phi) is 7.06. The van der Waals surface area contributed by atoms with Gasteiger partial charge < -0.3 is 14.2 Å². The topological polar surface area (TPSA) is 90.9 Å². The van der Waals surface area contributed by atoms with Gasteiger partial charge in [-0.25, -0.2) is 8.42 Å². The third-order valence-corrected chi connectivity index (χ3v) is 4.42. The van der Waals surface area contributed by atoms with Crippen molar-refractivity contribution in [2.75, 3.05) is 21.3 Å². The number of esters is 1. The van der Waals surface area contributed by atoms with E-state index in [2.05, 4.69) is 4.74 Å². The molecule has 0 spiro atoms. The molecule has 0 aliphatic heterocycles. The molecule has 0 saturated carbocycles. The van der Waals surface area contributed by atoms with Gasteiger partial charge in [0.2, 0.25) is 0 Å². The van der Waals surface area contributed by atoms with Gasteiger partial charge in [0, 0.05) is 6.07 Å². The summed E-state index contributed by atoms with van der Waals surface area (Å²) in [6, 6.07) is 3.09. The fraction of sp³-hybridized carbons (Fsp3) is 0.500. The van der Waals surface area contributed by atoms with Gasteiger partial charge in [0.05, 0.1) is 21.3 Å². The van der Waals surface area contributed by atoms with Gasteiger partial charge in [-0.1, -0.05) is 0 Å². The van der Waals surface area contributed by atoms with Crippen LogP contribution >= 0.6 is 0 Å². The molecular formula is C14H18F3NO6S. The lowest BCUT2D eigenvalue weighted by Gasteiger charge is -2.18. The van der Waals surface area contributed by atoms with Crippen LogP contribution < -0.4 is 14.2 Å². The van der Waals surface area contributed by atoms with Gasteiger partial charge in [-0.05, 0) is 30.5 Å². The van der Waals surface area contributed by atoms with Gasteiger partial charge in [0.1, 0.15) is 17.5 Å². The molecule has 142 valence electrons. The summed E-state index contributed by atoms with van der Waals surface area (Å²) in [5.74, 6) is -0.234. The van der Waals surface area contributed by atoms with Gasteiger partial charge in [0.25, 0.3) is 0 Å². The third-order valence-electron chi connectivity index (χ3n) is 3.22. The van der Waals surface area contributed by atoms with Crippen molar-refractivity contribution in [3.05, 3.63) is 23.8 Å². The van der Waals surface area contributed by atoms with E-state index in [1.165, 1.54) is 18.9 Å². The third kappa shape index (κ3) is 5.78. The molecule has 0 saturated heterocycles. The lowest BCUT2D eigenvalue weighted by Crippen LogP contribution is -2.47. The maximum absolute atomic E-state index is 12.5. The molecular weight excluding hydrogens is 367 g/mol. The van der Waals surface area contributed by atoms with Crippen molar-refractivity contribution in [3.63, 3.8) is 0 Å². The molecule has 0 fully saturated rings. The maximum atomic E-state index is 12.5.